The quantitative estimate of drug-likeness (QED) is 0.379. The molecule has 1 rings (SSSR count). The number of carbonyl (C=O) groups excluding carboxylic acids is 1. The van der Waals surface area contributed by atoms with Gasteiger partial charge in [-0.25, -0.2) is 5.48 Å². The number of hydrogen-bond donors (Lipinski definition) is 3. The van der Waals surface area contributed by atoms with E-state index >= 15 is 0 Å². The summed E-state index contributed by atoms with van der Waals surface area (Å²) in [6.07, 6.45) is 0. The van der Waals surface area contributed by atoms with Crippen LogP contribution in [0.25, 0.3) is 0 Å². The van der Waals surface area contributed by atoms with Crippen molar-refractivity contribution >= 4 is 16.0 Å². The maximum atomic E-state index is 11.7. The van der Waals surface area contributed by atoms with E-state index in [1.807, 2.05) is 6.92 Å². The molecule has 0 spiro atoms. The van der Waals surface area contributed by atoms with Crippen LogP contribution in [0.1, 0.15) is 5.56 Å². The smallest absolute Gasteiger partial charge is 0.297 e. The third kappa shape index (κ3) is 3.77. The van der Waals surface area contributed by atoms with Gasteiger partial charge in [0.1, 0.15) is 6.04 Å². The maximum absolute atomic E-state index is 11.7. The van der Waals surface area contributed by atoms with Crippen LogP contribution in [-0.2, 0) is 19.1 Å². The Bertz CT molecular complexity index is 512. The number of aryl methyl sites for hydroxylation is 1. The van der Waals surface area contributed by atoms with E-state index in [9.17, 15) is 13.2 Å². The number of hydrogen-bond acceptors (Lipinski definition) is 6. The average Bonchev–Trinajstić information content (AvgIpc) is 2.35. The summed E-state index contributed by atoms with van der Waals surface area (Å²) in [5.41, 5.74) is 7.49. The van der Waals surface area contributed by atoms with Crippen molar-refractivity contribution in [2.45, 2.75) is 17.9 Å². The zero-order valence-corrected chi connectivity index (χ0v) is 10.5. The Balaban J connectivity index is 2.71. The summed E-state index contributed by atoms with van der Waals surface area (Å²) < 4.78 is 28.0. The van der Waals surface area contributed by atoms with Crippen molar-refractivity contribution in [2.75, 3.05) is 6.61 Å². The third-order valence-corrected chi connectivity index (χ3v) is 3.46. The van der Waals surface area contributed by atoms with Crippen LogP contribution < -0.4 is 11.2 Å². The minimum absolute atomic E-state index is 0.0234. The molecule has 0 fully saturated rings. The normalized spacial score (nSPS) is 13.1. The molecule has 0 bridgehead atoms. The molecular formula is C10H14N2O5S. The molecule has 0 radical (unpaired) electrons. The summed E-state index contributed by atoms with van der Waals surface area (Å²) in [4.78, 5) is 10.8. The summed E-state index contributed by atoms with van der Waals surface area (Å²) in [5, 5.41) is 8.30. The van der Waals surface area contributed by atoms with Crippen LogP contribution in [0.15, 0.2) is 29.2 Å². The van der Waals surface area contributed by atoms with Gasteiger partial charge in [0, 0.05) is 0 Å². The number of amides is 1. The molecule has 0 aliphatic rings. The van der Waals surface area contributed by atoms with Gasteiger partial charge in [0.25, 0.3) is 16.0 Å². The Morgan fingerprint density at radius 3 is 2.50 bits per heavy atom. The van der Waals surface area contributed by atoms with Crippen LogP contribution in [-0.4, -0.2) is 32.2 Å². The second-order valence-corrected chi connectivity index (χ2v) is 5.25. The molecule has 100 valence electrons. The first-order valence-corrected chi connectivity index (χ1v) is 6.43. The Morgan fingerprint density at radius 2 is 2.00 bits per heavy atom. The highest BCUT2D eigenvalue weighted by atomic mass is 32.2. The highest BCUT2D eigenvalue weighted by Gasteiger charge is 2.20. The Hall–Kier alpha value is -1.48. The molecule has 7 nitrogen and oxygen atoms in total. The second kappa shape index (κ2) is 5.91. The summed E-state index contributed by atoms with van der Waals surface area (Å²) >= 11 is 0. The molecule has 0 heterocycles. The van der Waals surface area contributed by atoms with Gasteiger partial charge in [-0.3, -0.25) is 14.2 Å². The third-order valence-electron chi connectivity index (χ3n) is 2.16. The zero-order valence-electron chi connectivity index (χ0n) is 9.66. The molecule has 0 saturated carbocycles. The van der Waals surface area contributed by atoms with Gasteiger partial charge in [0.05, 0.1) is 11.5 Å². The molecule has 18 heavy (non-hydrogen) atoms. The van der Waals surface area contributed by atoms with E-state index in [0.29, 0.717) is 0 Å². The van der Waals surface area contributed by atoms with Gasteiger partial charge in [-0.05, 0) is 19.1 Å². The SMILES string of the molecule is Cc1ccc(S(=O)(=O)OCC(N)C(=O)NO)cc1. The lowest BCUT2D eigenvalue weighted by atomic mass is 10.2. The molecule has 1 aromatic carbocycles. The molecular weight excluding hydrogens is 260 g/mol. The van der Waals surface area contributed by atoms with E-state index in [-0.39, 0.29) is 4.90 Å². The zero-order chi connectivity index (χ0) is 13.8. The highest BCUT2D eigenvalue weighted by Crippen LogP contribution is 2.13. The molecule has 0 aliphatic heterocycles. The molecule has 1 unspecified atom stereocenters. The predicted octanol–water partition coefficient (Wildman–Crippen LogP) is -0.467. The monoisotopic (exact) mass is 274 g/mol. The van der Waals surface area contributed by atoms with E-state index in [1.165, 1.54) is 17.6 Å². The lowest BCUT2D eigenvalue weighted by Crippen LogP contribution is -2.42. The second-order valence-electron chi connectivity index (χ2n) is 3.63. The fourth-order valence-electron chi connectivity index (χ4n) is 1.09. The van der Waals surface area contributed by atoms with Crippen molar-refractivity contribution in [2.24, 2.45) is 5.73 Å². The maximum Gasteiger partial charge on any atom is 0.297 e. The minimum atomic E-state index is -3.96. The standard InChI is InChI=1S/C10H14N2O5S/c1-7-2-4-8(5-3-7)18(15,16)17-6-9(11)10(13)12-14/h2-5,9,14H,6,11H2,1H3,(H,12,13). The summed E-state index contributed by atoms with van der Waals surface area (Å²) in [5.74, 6) is -0.922. The van der Waals surface area contributed by atoms with Gasteiger partial charge in [-0.2, -0.15) is 8.42 Å². The average molecular weight is 274 g/mol. The van der Waals surface area contributed by atoms with Crippen molar-refractivity contribution in [3.05, 3.63) is 29.8 Å². The van der Waals surface area contributed by atoms with Crippen molar-refractivity contribution < 1.29 is 22.6 Å². The lowest BCUT2D eigenvalue weighted by molar-refractivity contribution is -0.131. The molecule has 4 N–H and O–H groups in total. The van der Waals surface area contributed by atoms with Gasteiger partial charge in [0.2, 0.25) is 0 Å². The van der Waals surface area contributed by atoms with Crippen molar-refractivity contribution in [1.29, 1.82) is 0 Å². The number of carbonyl (C=O) groups is 1. The number of nitrogens with two attached hydrogens (primary N) is 1. The van der Waals surface area contributed by atoms with E-state index in [4.69, 9.17) is 10.9 Å². The molecule has 0 aliphatic carbocycles. The first-order chi connectivity index (χ1) is 8.36. The largest absolute Gasteiger partial charge is 0.318 e. The van der Waals surface area contributed by atoms with E-state index in [0.717, 1.165) is 5.56 Å². The van der Waals surface area contributed by atoms with E-state index < -0.39 is 28.7 Å². The fourth-order valence-corrected chi connectivity index (χ4v) is 2.03. The van der Waals surface area contributed by atoms with E-state index in [1.54, 1.807) is 12.1 Å². The molecule has 0 saturated heterocycles. The summed E-state index contributed by atoms with van der Waals surface area (Å²) in [6, 6.07) is 4.76. The van der Waals surface area contributed by atoms with Crippen molar-refractivity contribution in [3.8, 4) is 0 Å². The topological polar surface area (TPSA) is 119 Å². The number of nitrogens with one attached hydrogen (secondary N) is 1. The fraction of sp³-hybridized carbons (Fsp3) is 0.300. The van der Waals surface area contributed by atoms with Gasteiger partial charge in [0.15, 0.2) is 0 Å². The lowest BCUT2D eigenvalue weighted by Gasteiger charge is -2.10. The van der Waals surface area contributed by atoms with Crippen LogP contribution in [0, 0.1) is 6.92 Å². The Labute approximate surface area is 105 Å². The molecule has 1 aromatic rings. The number of benzene rings is 1. The van der Waals surface area contributed by atoms with Gasteiger partial charge in [-0.15, -0.1) is 0 Å². The molecule has 8 heteroatoms. The van der Waals surface area contributed by atoms with E-state index in [2.05, 4.69) is 4.18 Å². The van der Waals surface area contributed by atoms with Crippen LogP contribution >= 0.6 is 0 Å². The Morgan fingerprint density at radius 1 is 1.44 bits per heavy atom. The molecule has 0 aromatic heterocycles. The Kier molecular flexibility index (Phi) is 4.79. The first-order valence-electron chi connectivity index (χ1n) is 5.02. The number of hydroxylamine groups is 1. The summed E-state index contributed by atoms with van der Waals surface area (Å²) in [6.45, 7) is 1.27. The minimum Gasteiger partial charge on any atom is -0.318 e. The van der Waals surface area contributed by atoms with Gasteiger partial charge in [-0.1, -0.05) is 17.7 Å². The molecule has 1 amide bonds. The highest BCUT2D eigenvalue weighted by molar-refractivity contribution is 7.86. The van der Waals surface area contributed by atoms with Crippen molar-refractivity contribution in [3.63, 3.8) is 0 Å². The van der Waals surface area contributed by atoms with Crippen LogP contribution in [0.3, 0.4) is 0 Å². The van der Waals surface area contributed by atoms with Crippen LogP contribution in [0.4, 0.5) is 0 Å². The number of rotatable bonds is 5. The molecule has 1 atom stereocenters. The van der Waals surface area contributed by atoms with Crippen molar-refractivity contribution in [1.82, 2.24) is 5.48 Å². The predicted molar refractivity (Wildman–Crippen MR) is 62.2 cm³/mol. The van der Waals surface area contributed by atoms with Crippen LogP contribution in [0.2, 0.25) is 0 Å². The van der Waals surface area contributed by atoms with Gasteiger partial charge < -0.3 is 5.73 Å². The summed E-state index contributed by atoms with van der Waals surface area (Å²) in [7, 11) is -3.96. The first kappa shape index (κ1) is 14.6. The van der Waals surface area contributed by atoms with Crippen LogP contribution in [0.5, 0.6) is 0 Å². The van der Waals surface area contributed by atoms with Gasteiger partial charge >= 0.3 is 0 Å².